The van der Waals surface area contributed by atoms with Gasteiger partial charge in [-0.3, -0.25) is 19.3 Å². The highest BCUT2D eigenvalue weighted by Crippen LogP contribution is 2.61. The van der Waals surface area contributed by atoms with Gasteiger partial charge in [0.25, 0.3) is 15.9 Å². The molecule has 3 aliphatic rings. The van der Waals surface area contributed by atoms with Gasteiger partial charge >= 0.3 is 0 Å². The van der Waals surface area contributed by atoms with E-state index in [-0.39, 0.29) is 28.6 Å². The quantitative estimate of drug-likeness (QED) is 0.0930. The Morgan fingerprint density at radius 2 is 1.58 bits per heavy atom. The topological polar surface area (TPSA) is 252 Å². The summed E-state index contributed by atoms with van der Waals surface area (Å²) >= 11 is 0. The van der Waals surface area contributed by atoms with Crippen molar-refractivity contribution in [2.75, 3.05) is 30.8 Å². The van der Waals surface area contributed by atoms with E-state index in [1.54, 1.807) is 6.92 Å². The fraction of sp³-hybridized carbons (Fsp3) is 0.343. The molecule has 0 spiro atoms. The summed E-state index contributed by atoms with van der Waals surface area (Å²) in [4.78, 5) is 51.5. The van der Waals surface area contributed by atoms with Crippen LogP contribution in [0.2, 0.25) is 0 Å². The number of carbonyl (C=O) groups is 3. The second-order valence-corrected chi connectivity index (χ2v) is 15.4. The number of hydrogen-bond donors (Lipinski definition) is 8. The van der Waals surface area contributed by atoms with E-state index in [2.05, 4.69) is 25.3 Å². The van der Waals surface area contributed by atoms with Gasteiger partial charge in [0.1, 0.15) is 22.8 Å². The molecule has 1 aromatic heterocycles. The molecule has 0 radical (unpaired) electrons. The van der Waals surface area contributed by atoms with Crippen molar-refractivity contribution in [1.29, 1.82) is 0 Å². The fourth-order valence-electron chi connectivity index (χ4n) is 8.04. The maximum Gasteiger partial charge on any atom is 0.264 e. The molecule has 6 rings (SSSR count). The van der Waals surface area contributed by atoms with Gasteiger partial charge < -0.3 is 36.2 Å². The van der Waals surface area contributed by atoms with Crippen molar-refractivity contribution < 1.29 is 48.3 Å². The molecule has 1 amide bonds. The number of aliphatic hydroxyl groups excluding tert-OH is 2. The Morgan fingerprint density at radius 1 is 0.942 bits per heavy atom. The van der Waals surface area contributed by atoms with E-state index in [1.807, 2.05) is 0 Å². The zero-order chi connectivity index (χ0) is 38.1. The molecule has 17 heteroatoms. The number of Topliss-reactive ketones (excluding diaryl/α,β-unsaturated/α-hetero) is 2. The van der Waals surface area contributed by atoms with Gasteiger partial charge in [-0.05, 0) is 75.8 Å². The van der Waals surface area contributed by atoms with Crippen LogP contribution in [0.4, 0.5) is 11.6 Å². The molecule has 6 unspecified atom stereocenters. The van der Waals surface area contributed by atoms with Crippen LogP contribution in [0.25, 0.3) is 5.76 Å². The predicted molar refractivity (Wildman–Crippen MR) is 186 cm³/mol. The van der Waals surface area contributed by atoms with Crippen LogP contribution in [0.3, 0.4) is 0 Å². The SMILES string of the molecule is CC1C2C(=C(O)c3c(O)cccc3C2(C)O)C(=O)C2(O)C(=O)C(C(=O)NCNc3ccc(S(=O)(=O)Nc4ncccn4)cc3)=C(O)C(C)(N(C)C)C12. The van der Waals surface area contributed by atoms with Crippen LogP contribution in [0.1, 0.15) is 31.9 Å². The highest BCUT2D eigenvalue weighted by atomic mass is 32.2. The number of rotatable bonds is 8. The van der Waals surface area contributed by atoms with Gasteiger partial charge in [-0.1, -0.05) is 19.1 Å². The van der Waals surface area contributed by atoms with E-state index in [1.165, 1.54) is 93.8 Å². The minimum atomic E-state index is -4.01. The number of nitrogens with zero attached hydrogens (tertiary/aromatic N) is 3. The molecule has 3 aromatic rings. The summed E-state index contributed by atoms with van der Waals surface area (Å²) in [5.74, 6) is -9.44. The number of anilines is 2. The van der Waals surface area contributed by atoms with Crippen molar-refractivity contribution in [3.63, 3.8) is 0 Å². The Balaban J connectivity index is 1.30. The number of carbonyl (C=O) groups excluding carboxylic acids is 3. The minimum absolute atomic E-state index is 0.101. The number of ketones is 2. The highest BCUT2D eigenvalue weighted by Gasteiger charge is 2.72. The van der Waals surface area contributed by atoms with E-state index in [0.717, 1.165) is 0 Å². The minimum Gasteiger partial charge on any atom is -0.509 e. The standard InChI is InChI=1S/C35H38N6O10S/c1-17-25-23(26(43)22-20(34(25,3)48)8-6-9-21(22)42)29(45)35(49)27(17)33(2,41(4)5)28(44)24(30(35)46)31(47)39-16-38-18-10-12-19(13-11-18)52(50,51)40-32-36-14-7-15-37-32/h6-15,17,25,27,38,42-44,48-49H,16H2,1-5H3,(H,39,47)(H,36,37,40). The molecular formula is C35H38N6O10S. The Morgan fingerprint density at radius 3 is 2.19 bits per heavy atom. The van der Waals surface area contributed by atoms with Crippen molar-refractivity contribution in [2.24, 2.45) is 17.8 Å². The number of aliphatic hydroxyl groups is 4. The number of aromatic nitrogens is 2. The molecule has 2 aromatic carbocycles. The van der Waals surface area contributed by atoms with Gasteiger partial charge in [-0.2, -0.15) is 0 Å². The van der Waals surface area contributed by atoms with Crippen molar-refractivity contribution in [3.05, 3.63) is 89.0 Å². The number of hydrogen-bond acceptors (Lipinski definition) is 14. The molecule has 3 aliphatic carbocycles. The summed E-state index contributed by atoms with van der Waals surface area (Å²) in [6, 6.07) is 11.2. The highest BCUT2D eigenvalue weighted by molar-refractivity contribution is 7.92. The zero-order valence-electron chi connectivity index (χ0n) is 28.7. The number of fused-ring (bicyclic) bond motifs is 3. The van der Waals surface area contributed by atoms with E-state index in [4.69, 9.17) is 0 Å². The summed E-state index contributed by atoms with van der Waals surface area (Å²) in [5, 5.41) is 63.4. The Bertz CT molecular complexity index is 2170. The van der Waals surface area contributed by atoms with Gasteiger partial charge in [-0.25, -0.2) is 23.1 Å². The average Bonchev–Trinajstić information content (AvgIpc) is 3.08. The molecule has 16 nitrogen and oxygen atoms in total. The first kappa shape index (κ1) is 36.4. The van der Waals surface area contributed by atoms with Gasteiger partial charge in [0.05, 0.1) is 28.3 Å². The maximum atomic E-state index is 14.5. The number of phenols is 1. The first-order valence-corrected chi connectivity index (χ1v) is 17.6. The molecule has 1 heterocycles. The predicted octanol–water partition coefficient (Wildman–Crippen LogP) is 1.56. The third kappa shape index (κ3) is 5.22. The first-order chi connectivity index (χ1) is 24.3. The molecule has 6 atom stereocenters. The Kier molecular flexibility index (Phi) is 8.69. The molecule has 0 aliphatic heterocycles. The second-order valence-electron chi connectivity index (χ2n) is 13.7. The summed E-state index contributed by atoms with van der Waals surface area (Å²) in [6.45, 7) is 4.09. The molecule has 0 saturated heterocycles. The zero-order valence-corrected chi connectivity index (χ0v) is 29.6. The Labute approximate surface area is 298 Å². The number of phenolic OH excluding ortho intramolecular Hbond substituents is 1. The molecule has 52 heavy (non-hydrogen) atoms. The van der Waals surface area contributed by atoms with E-state index < -0.39 is 90.4 Å². The molecule has 274 valence electrons. The first-order valence-electron chi connectivity index (χ1n) is 16.1. The fourth-order valence-corrected chi connectivity index (χ4v) is 9.00. The lowest BCUT2D eigenvalue weighted by molar-refractivity contribution is -0.182. The van der Waals surface area contributed by atoms with Crippen LogP contribution >= 0.6 is 0 Å². The van der Waals surface area contributed by atoms with Gasteiger partial charge in [0, 0.05) is 35.5 Å². The molecule has 1 fully saturated rings. The maximum absolute atomic E-state index is 14.5. The Hall–Kier alpha value is -5.36. The monoisotopic (exact) mass is 734 g/mol. The number of amides is 1. The van der Waals surface area contributed by atoms with Crippen LogP contribution in [0.15, 0.2) is 82.7 Å². The summed E-state index contributed by atoms with van der Waals surface area (Å²) < 4.78 is 27.7. The molecular weight excluding hydrogens is 696 g/mol. The van der Waals surface area contributed by atoms with Crippen LogP contribution in [0, 0.1) is 17.8 Å². The number of sulfonamides is 1. The van der Waals surface area contributed by atoms with Crippen molar-refractivity contribution in [3.8, 4) is 5.75 Å². The lowest BCUT2D eigenvalue weighted by Gasteiger charge is -2.59. The van der Waals surface area contributed by atoms with Crippen LogP contribution in [-0.4, -0.2) is 98.2 Å². The van der Waals surface area contributed by atoms with Crippen molar-refractivity contribution in [2.45, 2.75) is 42.4 Å². The largest absolute Gasteiger partial charge is 0.509 e. The normalized spacial score (nSPS) is 28.6. The lowest BCUT2D eigenvalue weighted by Crippen LogP contribution is -2.74. The lowest BCUT2D eigenvalue weighted by atomic mass is 9.47. The third-order valence-corrected chi connectivity index (χ3v) is 12.0. The van der Waals surface area contributed by atoms with Crippen LogP contribution < -0.4 is 15.4 Å². The molecule has 1 saturated carbocycles. The average molecular weight is 735 g/mol. The number of likely N-dealkylation sites (N-methyl/N-ethyl adjacent to an activating group) is 1. The summed E-state index contributed by atoms with van der Waals surface area (Å²) in [6.07, 6.45) is 2.75. The van der Waals surface area contributed by atoms with Crippen molar-refractivity contribution in [1.82, 2.24) is 20.2 Å². The summed E-state index contributed by atoms with van der Waals surface area (Å²) in [5.41, 5.74) is -7.75. The number of nitrogens with one attached hydrogen (secondary N) is 3. The number of aromatic hydroxyl groups is 1. The van der Waals surface area contributed by atoms with Gasteiger partial charge in [0.2, 0.25) is 17.5 Å². The third-order valence-electron chi connectivity index (χ3n) is 10.6. The second kappa shape index (κ2) is 12.4. The van der Waals surface area contributed by atoms with Gasteiger partial charge in [0.15, 0.2) is 5.60 Å². The molecule has 8 N–H and O–H groups in total. The smallest absolute Gasteiger partial charge is 0.264 e. The van der Waals surface area contributed by atoms with E-state index >= 15 is 0 Å². The summed E-state index contributed by atoms with van der Waals surface area (Å²) in [7, 11) is -0.952. The van der Waals surface area contributed by atoms with E-state index in [9.17, 15) is 48.3 Å². The van der Waals surface area contributed by atoms with Gasteiger partial charge in [-0.15, -0.1) is 0 Å². The molecule has 0 bridgehead atoms. The van der Waals surface area contributed by atoms with Crippen LogP contribution in [0.5, 0.6) is 5.75 Å². The number of benzene rings is 2. The van der Waals surface area contributed by atoms with Crippen molar-refractivity contribution >= 4 is 44.9 Å². The van der Waals surface area contributed by atoms with Crippen LogP contribution in [-0.2, 0) is 30.0 Å². The van der Waals surface area contributed by atoms with E-state index in [0.29, 0.717) is 5.69 Å².